The molecule has 1 heterocycles. The van der Waals surface area contributed by atoms with Crippen LogP contribution in [0.25, 0.3) is 0 Å². The van der Waals surface area contributed by atoms with Gasteiger partial charge < -0.3 is 5.32 Å². The van der Waals surface area contributed by atoms with Crippen molar-refractivity contribution in [2.75, 3.05) is 6.54 Å². The lowest BCUT2D eigenvalue weighted by Gasteiger charge is -2.22. The van der Waals surface area contributed by atoms with Crippen molar-refractivity contribution in [3.05, 3.63) is 74.8 Å². The van der Waals surface area contributed by atoms with Crippen molar-refractivity contribution >= 4 is 23.4 Å². The lowest BCUT2D eigenvalue weighted by atomic mass is 9.92. The molecule has 0 aromatic heterocycles. The molecule has 0 spiro atoms. The molecular formula is C20H19N3O5. The largest absolute Gasteiger partial charge is 0.325 e. The van der Waals surface area contributed by atoms with Crippen molar-refractivity contribution in [2.24, 2.45) is 0 Å². The first-order chi connectivity index (χ1) is 13.1. The number of carbonyl (C=O) groups excluding carboxylic acids is 3. The number of hydrogen-bond donors (Lipinski definition) is 1. The van der Waals surface area contributed by atoms with Gasteiger partial charge in [0.05, 0.1) is 11.5 Å². The van der Waals surface area contributed by atoms with Crippen molar-refractivity contribution in [1.29, 1.82) is 0 Å². The molecule has 2 aromatic carbocycles. The zero-order valence-electron chi connectivity index (χ0n) is 15.7. The summed E-state index contributed by atoms with van der Waals surface area (Å²) in [5, 5.41) is 13.4. The van der Waals surface area contributed by atoms with Crippen molar-refractivity contribution in [3.8, 4) is 0 Å². The van der Waals surface area contributed by atoms with E-state index in [0.717, 1.165) is 16.0 Å². The fourth-order valence-corrected chi connectivity index (χ4v) is 3.10. The second-order valence-electron chi connectivity index (χ2n) is 6.97. The Morgan fingerprint density at radius 3 is 2.32 bits per heavy atom. The third kappa shape index (κ3) is 3.24. The first-order valence-corrected chi connectivity index (χ1v) is 8.63. The molecule has 1 saturated heterocycles. The van der Waals surface area contributed by atoms with E-state index in [4.69, 9.17) is 0 Å². The fourth-order valence-electron chi connectivity index (χ4n) is 3.10. The third-order valence-corrected chi connectivity index (χ3v) is 5.06. The monoisotopic (exact) mass is 381 g/mol. The molecular weight excluding hydrogens is 362 g/mol. The van der Waals surface area contributed by atoms with Gasteiger partial charge in [-0.2, -0.15) is 0 Å². The van der Waals surface area contributed by atoms with Crippen LogP contribution >= 0.6 is 0 Å². The van der Waals surface area contributed by atoms with E-state index in [-0.39, 0.29) is 18.0 Å². The number of benzene rings is 2. The third-order valence-electron chi connectivity index (χ3n) is 5.06. The summed E-state index contributed by atoms with van der Waals surface area (Å²) >= 11 is 0. The van der Waals surface area contributed by atoms with Crippen LogP contribution in [0, 0.1) is 24.0 Å². The van der Waals surface area contributed by atoms with Gasteiger partial charge in [0.15, 0.2) is 5.78 Å². The van der Waals surface area contributed by atoms with E-state index in [9.17, 15) is 24.5 Å². The Morgan fingerprint density at radius 2 is 1.75 bits per heavy atom. The Balaban J connectivity index is 1.83. The molecule has 8 nitrogen and oxygen atoms in total. The van der Waals surface area contributed by atoms with Gasteiger partial charge in [-0.3, -0.25) is 24.6 Å². The van der Waals surface area contributed by atoms with E-state index < -0.39 is 22.4 Å². The van der Waals surface area contributed by atoms with Gasteiger partial charge >= 0.3 is 6.03 Å². The molecule has 1 atom stereocenters. The Kier molecular flexibility index (Phi) is 4.72. The van der Waals surface area contributed by atoms with Gasteiger partial charge in [0, 0.05) is 17.7 Å². The zero-order valence-corrected chi connectivity index (χ0v) is 15.7. The highest BCUT2D eigenvalue weighted by Crippen LogP contribution is 2.30. The smallest absolute Gasteiger partial charge is 0.319 e. The summed E-state index contributed by atoms with van der Waals surface area (Å²) in [7, 11) is 0. The molecule has 3 amide bonds. The topological polar surface area (TPSA) is 110 Å². The fraction of sp³-hybridized carbons (Fsp3) is 0.250. The summed E-state index contributed by atoms with van der Waals surface area (Å²) < 4.78 is 0. The number of carbonyl (C=O) groups is 3. The van der Waals surface area contributed by atoms with E-state index >= 15 is 0 Å². The Bertz CT molecular complexity index is 999. The lowest BCUT2D eigenvalue weighted by Crippen LogP contribution is -2.41. The van der Waals surface area contributed by atoms with Gasteiger partial charge in [0.1, 0.15) is 5.54 Å². The number of ketones is 1. The van der Waals surface area contributed by atoms with Gasteiger partial charge in [0.25, 0.3) is 11.6 Å². The Morgan fingerprint density at radius 1 is 1.11 bits per heavy atom. The van der Waals surface area contributed by atoms with E-state index in [1.807, 2.05) is 19.9 Å². The van der Waals surface area contributed by atoms with E-state index in [0.29, 0.717) is 11.1 Å². The number of rotatable bonds is 5. The van der Waals surface area contributed by atoms with Crippen LogP contribution in [-0.2, 0) is 10.3 Å². The summed E-state index contributed by atoms with van der Waals surface area (Å²) in [6, 6.07) is 9.91. The standard InChI is InChI=1S/C20H19N3O5/c1-12-4-5-14(10-13(12)2)17(24)11-22-18(25)20(3,21-19(22)26)15-6-8-16(9-7-15)23(27)28/h4-10H,11H2,1-3H3,(H,21,26). The summed E-state index contributed by atoms with van der Waals surface area (Å²) in [5.41, 5.74) is 1.29. The SMILES string of the molecule is Cc1ccc(C(=O)CN2C(=O)NC(C)(c3ccc([N+](=O)[O-])cc3)C2=O)cc1C. The molecule has 0 bridgehead atoms. The van der Waals surface area contributed by atoms with Crippen molar-refractivity contribution < 1.29 is 19.3 Å². The van der Waals surface area contributed by atoms with Crippen LogP contribution in [0.4, 0.5) is 10.5 Å². The van der Waals surface area contributed by atoms with Crippen LogP contribution in [-0.4, -0.2) is 34.1 Å². The molecule has 28 heavy (non-hydrogen) atoms. The van der Waals surface area contributed by atoms with Crippen LogP contribution in [0.5, 0.6) is 0 Å². The second kappa shape index (κ2) is 6.88. The lowest BCUT2D eigenvalue weighted by molar-refractivity contribution is -0.384. The second-order valence-corrected chi connectivity index (χ2v) is 6.97. The van der Waals surface area contributed by atoms with Gasteiger partial charge in [-0.1, -0.05) is 12.1 Å². The molecule has 1 aliphatic rings. The normalized spacial score (nSPS) is 18.9. The number of aryl methyl sites for hydroxylation is 2. The number of imide groups is 1. The highest BCUT2D eigenvalue weighted by Gasteiger charge is 2.49. The average molecular weight is 381 g/mol. The predicted molar refractivity (Wildman–Crippen MR) is 101 cm³/mol. The van der Waals surface area contributed by atoms with Crippen LogP contribution in [0.3, 0.4) is 0 Å². The molecule has 1 fully saturated rings. The quantitative estimate of drug-likeness (QED) is 0.371. The maximum atomic E-state index is 12.9. The maximum absolute atomic E-state index is 12.9. The first-order valence-electron chi connectivity index (χ1n) is 8.63. The van der Waals surface area contributed by atoms with Gasteiger partial charge in [-0.15, -0.1) is 0 Å². The van der Waals surface area contributed by atoms with Crippen molar-refractivity contribution in [2.45, 2.75) is 26.3 Å². The number of nitrogens with zero attached hydrogens (tertiary/aromatic N) is 2. The summed E-state index contributed by atoms with van der Waals surface area (Å²) in [5.74, 6) is -0.928. The molecule has 1 unspecified atom stereocenters. The molecule has 0 saturated carbocycles. The van der Waals surface area contributed by atoms with Crippen LogP contribution in [0.15, 0.2) is 42.5 Å². The highest BCUT2D eigenvalue weighted by molar-refractivity contribution is 6.11. The summed E-state index contributed by atoms with van der Waals surface area (Å²) in [6.07, 6.45) is 0. The first kappa shape index (κ1) is 19.2. The zero-order chi connectivity index (χ0) is 20.6. The van der Waals surface area contributed by atoms with E-state index in [1.165, 1.54) is 31.2 Å². The Labute approximate surface area is 161 Å². The minimum Gasteiger partial charge on any atom is -0.319 e. The maximum Gasteiger partial charge on any atom is 0.325 e. The number of nitro groups is 1. The van der Waals surface area contributed by atoms with Crippen LogP contribution < -0.4 is 5.32 Å². The number of urea groups is 1. The van der Waals surface area contributed by atoms with Crippen molar-refractivity contribution in [1.82, 2.24) is 10.2 Å². The molecule has 0 radical (unpaired) electrons. The molecule has 3 rings (SSSR count). The number of Topliss-reactive ketones (excluding diaryl/α,β-unsaturated/α-hetero) is 1. The average Bonchev–Trinajstić information content (AvgIpc) is 2.88. The molecule has 0 aliphatic carbocycles. The number of nitro benzene ring substituents is 1. The molecule has 2 aromatic rings. The molecule has 144 valence electrons. The number of hydrogen-bond acceptors (Lipinski definition) is 5. The number of amides is 3. The Hall–Kier alpha value is -3.55. The van der Waals surface area contributed by atoms with Gasteiger partial charge in [-0.05, 0) is 55.7 Å². The minimum atomic E-state index is -1.39. The molecule has 8 heteroatoms. The number of non-ortho nitro benzene ring substituents is 1. The van der Waals surface area contributed by atoms with E-state index in [2.05, 4.69) is 5.32 Å². The summed E-state index contributed by atoms with van der Waals surface area (Å²) in [4.78, 5) is 49.0. The molecule has 1 aliphatic heterocycles. The van der Waals surface area contributed by atoms with Gasteiger partial charge in [-0.25, -0.2) is 4.79 Å². The minimum absolute atomic E-state index is 0.120. The van der Waals surface area contributed by atoms with Crippen LogP contribution in [0.1, 0.15) is 34.0 Å². The predicted octanol–water partition coefficient (Wildman–Crippen LogP) is 2.86. The molecule has 1 N–H and O–H groups in total. The van der Waals surface area contributed by atoms with Crippen LogP contribution in [0.2, 0.25) is 0 Å². The highest BCUT2D eigenvalue weighted by atomic mass is 16.6. The van der Waals surface area contributed by atoms with Crippen molar-refractivity contribution in [3.63, 3.8) is 0 Å². The summed E-state index contributed by atoms with van der Waals surface area (Å²) in [6.45, 7) is 4.94. The number of nitrogens with one attached hydrogen (secondary N) is 1. The van der Waals surface area contributed by atoms with E-state index in [1.54, 1.807) is 12.1 Å². The van der Waals surface area contributed by atoms with Gasteiger partial charge in [0.2, 0.25) is 0 Å².